The fraction of sp³-hybridized carbons (Fsp3) is 0.0667. The maximum atomic E-state index is 4.28. The van der Waals surface area contributed by atoms with Gasteiger partial charge in [-0.05, 0) is 35.2 Å². The lowest BCUT2D eigenvalue weighted by atomic mass is 10.0. The van der Waals surface area contributed by atoms with E-state index in [9.17, 15) is 0 Å². The Morgan fingerprint density at radius 3 is 1.88 bits per heavy atom. The van der Waals surface area contributed by atoms with E-state index < -0.39 is 0 Å². The molecule has 0 aliphatic carbocycles. The Bertz CT molecular complexity index is 466. The minimum absolute atomic E-state index is 0.926. The smallest absolute Gasteiger partial charge is 0.00404 e. The molecule has 0 aliphatic heterocycles. The van der Waals surface area contributed by atoms with Crippen LogP contribution >= 0.6 is 12.6 Å². The second-order valence-electron chi connectivity index (χ2n) is 3.74. The molecule has 0 unspecified atom stereocenters. The molecule has 0 aliphatic rings. The van der Waals surface area contributed by atoms with Crippen molar-refractivity contribution in [3.8, 4) is 11.1 Å². The monoisotopic (exact) mass is 226 g/mol. The zero-order chi connectivity index (χ0) is 11.4. The van der Waals surface area contributed by atoms with Gasteiger partial charge in [0.2, 0.25) is 0 Å². The summed E-state index contributed by atoms with van der Waals surface area (Å²) in [6.07, 6.45) is 2.85. The molecule has 2 rings (SSSR count). The van der Waals surface area contributed by atoms with Crippen molar-refractivity contribution in [1.82, 2.24) is 0 Å². The summed E-state index contributed by atoms with van der Waals surface area (Å²) in [4.78, 5) is 0.993. The third kappa shape index (κ3) is 2.56. The fourth-order valence-electron chi connectivity index (χ4n) is 1.65. The Balaban J connectivity index is 2.27. The summed E-state index contributed by atoms with van der Waals surface area (Å²) in [5.74, 6) is 0. The number of thiol groups is 1. The summed E-state index contributed by atoms with van der Waals surface area (Å²) in [7, 11) is 0. The standard InChI is InChI=1S/C15H14S/c1-2-3-12-4-6-13(7-5-12)14-8-10-15(16)11-9-14/h2,4-11,16H,1,3H2. The maximum absolute atomic E-state index is 4.28. The molecule has 2 aromatic rings. The van der Waals surface area contributed by atoms with Gasteiger partial charge in [-0.1, -0.05) is 42.5 Å². The number of hydrogen-bond donors (Lipinski definition) is 1. The molecule has 0 saturated heterocycles. The van der Waals surface area contributed by atoms with Gasteiger partial charge >= 0.3 is 0 Å². The zero-order valence-corrected chi connectivity index (χ0v) is 9.95. The maximum Gasteiger partial charge on any atom is 0.00404 e. The highest BCUT2D eigenvalue weighted by atomic mass is 32.1. The van der Waals surface area contributed by atoms with Crippen LogP contribution in [0.4, 0.5) is 0 Å². The first-order valence-corrected chi connectivity index (χ1v) is 5.73. The first kappa shape index (κ1) is 11.0. The number of benzene rings is 2. The van der Waals surface area contributed by atoms with Gasteiger partial charge in [0.15, 0.2) is 0 Å². The van der Waals surface area contributed by atoms with E-state index in [1.165, 1.54) is 16.7 Å². The summed E-state index contributed by atoms with van der Waals surface area (Å²) >= 11 is 4.28. The molecule has 0 N–H and O–H groups in total. The van der Waals surface area contributed by atoms with Gasteiger partial charge in [-0.15, -0.1) is 19.2 Å². The Labute approximate surface area is 102 Å². The quantitative estimate of drug-likeness (QED) is 0.583. The Morgan fingerprint density at radius 2 is 1.38 bits per heavy atom. The van der Waals surface area contributed by atoms with Crippen LogP contribution in [0.15, 0.2) is 66.1 Å². The molecular formula is C15H14S. The van der Waals surface area contributed by atoms with Crippen LogP contribution in [0.25, 0.3) is 11.1 Å². The molecular weight excluding hydrogens is 212 g/mol. The molecule has 0 amide bonds. The lowest BCUT2D eigenvalue weighted by molar-refractivity contribution is 1.28. The molecule has 16 heavy (non-hydrogen) atoms. The highest BCUT2D eigenvalue weighted by molar-refractivity contribution is 7.80. The van der Waals surface area contributed by atoms with Crippen LogP contribution < -0.4 is 0 Å². The van der Waals surface area contributed by atoms with Gasteiger partial charge in [-0.25, -0.2) is 0 Å². The van der Waals surface area contributed by atoms with Crippen molar-refractivity contribution < 1.29 is 0 Å². The van der Waals surface area contributed by atoms with E-state index in [4.69, 9.17) is 0 Å². The van der Waals surface area contributed by atoms with Crippen molar-refractivity contribution in [2.24, 2.45) is 0 Å². The van der Waals surface area contributed by atoms with Crippen molar-refractivity contribution >= 4 is 12.6 Å². The first-order chi connectivity index (χ1) is 7.79. The second kappa shape index (κ2) is 5.04. The van der Waals surface area contributed by atoms with Crippen molar-refractivity contribution in [2.75, 3.05) is 0 Å². The van der Waals surface area contributed by atoms with Gasteiger partial charge in [0.25, 0.3) is 0 Å². The SMILES string of the molecule is C=CCc1ccc(-c2ccc(S)cc2)cc1. The molecule has 0 saturated carbocycles. The fourth-order valence-corrected chi connectivity index (χ4v) is 1.80. The normalized spacial score (nSPS) is 10.1. The minimum Gasteiger partial charge on any atom is -0.143 e. The van der Waals surface area contributed by atoms with Crippen molar-refractivity contribution in [2.45, 2.75) is 11.3 Å². The van der Waals surface area contributed by atoms with E-state index >= 15 is 0 Å². The Morgan fingerprint density at radius 1 is 0.875 bits per heavy atom. The molecule has 0 bridgehead atoms. The lowest BCUT2D eigenvalue weighted by Crippen LogP contribution is -1.82. The molecule has 0 atom stereocenters. The average molecular weight is 226 g/mol. The van der Waals surface area contributed by atoms with Crippen molar-refractivity contribution in [1.29, 1.82) is 0 Å². The zero-order valence-electron chi connectivity index (χ0n) is 9.06. The minimum atomic E-state index is 0.926. The number of allylic oxidation sites excluding steroid dienone is 1. The topological polar surface area (TPSA) is 0 Å². The van der Waals surface area contributed by atoms with Gasteiger partial charge in [-0.2, -0.15) is 0 Å². The Hall–Kier alpha value is -1.47. The number of hydrogen-bond acceptors (Lipinski definition) is 1. The van der Waals surface area contributed by atoms with Crippen LogP contribution in [0.2, 0.25) is 0 Å². The third-order valence-electron chi connectivity index (χ3n) is 2.53. The highest BCUT2D eigenvalue weighted by Crippen LogP contribution is 2.21. The molecule has 1 heteroatoms. The summed E-state index contributed by atoms with van der Waals surface area (Å²) in [6, 6.07) is 16.8. The van der Waals surface area contributed by atoms with Gasteiger partial charge < -0.3 is 0 Å². The lowest BCUT2D eigenvalue weighted by Gasteiger charge is -2.03. The van der Waals surface area contributed by atoms with Crippen molar-refractivity contribution in [3.05, 3.63) is 66.7 Å². The molecule has 0 heterocycles. The summed E-state index contributed by atoms with van der Waals surface area (Å²) in [5, 5.41) is 0. The highest BCUT2D eigenvalue weighted by Gasteiger charge is 1.97. The molecule has 2 aromatic carbocycles. The van der Waals surface area contributed by atoms with Crippen LogP contribution in [0, 0.1) is 0 Å². The van der Waals surface area contributed by atoms with Crippen LogP contribution in [0.3, 0.4) is 0 Å². The summed E-state index contributed by atoms with van der Waals surface area (Å²) < 4.78 is 0. The molecule has 0 radical (unpaired) electrons. The van der Waals surface area contributed by atoms with Crippen LogP contribution in [0.5, 0.6) is 0 Å². The van der Waals surface area contributed by atoms with Gasteiger partial charge in [0, 0.05) is 4.90 Å². The Kier molecular flexibility index (Phi) is 3.47. The molecule has 0 nitrogen and oxygen atoms in total. The number of rotatable bonds is 3. The van der Waals surface area contributed by atoms with Crippen LogP contribution in [0.1, 0.15) is 5.56 Å². The predicted molar refractivity (Wildman–Crippen MR) is 73.0 cm³/mol. The summed E-state index contributed by atoms with van der Waals surface area (Å²) in [6.45, 7) is 3.74. The molecule has 0 aromatic heterocycles. The van der Waals surface area contributed by atoms with E-state index in [0.717, 1.165) is 11.3 Å². The van der Waals surface area contributed by atoms with E-state index in [1.54, 1.807) is 0 Å². The van der Waals surface area contributed by atoms with Crippen molar-refractivity contribution in [3.63, 3.8) is 0 Å². The largest absolute Gasteiger partial charge is 0.143 e. The van der Waals surface area contributed by atoms with E-state index in [1.807, 2.05) is 18.2 Å². The molecule has 80 valence electrons. The second-order valence-corrected chi connectivity index (χ2v) is 4.25. The third-order valence-corrected chi connectivity index (χ3v) is 2.83. The van der Waals surface area contributed by atoms with E-state index in [-0.39, 0.29) is 0 Å². The van der Waals surface area contributed by atoms with Gasteiger partial charge in [0.1, 0.15) is 0 Å². The first-order valence-electron chi connectivity index (χ1n) is 5.29. The predicted octanol–water partition coefficient (Wildman–Crippen LogP) is 4.37. The molecule has 0 fully saturated rings. The van der Waals surface area contributed by atoms with Crippen LogP contribution in [-0.2, 0) is 6.42 Å². The van der Waals surface area contributed by atoms with Gasteiger partial charge in [0.05, 0.1) is 0 Å². The van der Waals surface area contributed by atoms with Gasteiger partial charge in [-0.3, -0.25) is 0 Å². The average Bonchev–Trinajstić information content (AvgIpc) is 2.32. The van der Waals surface area contributed by atoms with E-state index in [0.29, 0.717) is 0 Å². The van der Waals surface area contributed by atoms with E-state index in [2.05, 4.69) is 55.6 Å². The summed E-state index contributed by atoms with van der Waals surface area (Å²) in [5.41, 5.74) is 3.76. The van der Waals surface area contributed by atoms with Crippen LogP contribution in [-0.4, -0.2) is 0 Å². The molecule has 0 spiro atoms.